The molecule has 1 aliphatic rings. The first-order valence-electron chi connectivity index (χ1n) is 6.90. The Morgan fingerprint density at radius 1 is 1.42 bits per heavy atom. The second kappa shape index (κ2) is 6.79. The highest BCUT2D eigenvalue weighted by Crippen LogP contribution is 2.25. The third-order valence-electron chi connectivity index (χ3n) is 3.76. The Balaban J connectivity index is 2.08. The minimum absolute atomic E-state index is 0.545. The maximum absolute atomic E-state index is 8.91. The monoisotopic (exact) mass is 277 g/mol. The molecular weight excluding hydrogens is 258 g/mol. The highest BCUT2D eigenvalue weighted by atomic mass is 35.5. The number of anilines is 1. The van der Waals surface area contributed by atoms with Gasteiger partial charge in [-0.2, -0.15) is 5.26 Å². The fraction of sp³-hybridized carbons (Fsp3) is 0.533. The van der Waals surface area contributed by atoms with Crippen LogP contribution in [-0.2, 0) is 0 Å². The van der Waals surface area contributed by atoms with Gasteiger partial charge in [0.25, 0.3) is 0 Å². The van der Waals surface area contributed by atoms with Crippen LogP contribution in [0.4, 0.5) is 5.69 Å². The van der Waals surface area contributed by atoms with Crippen LogP contribution in [0, 0.1) is 17.2 Å². The molecule has 0 spiro atoms. The van der Waals surface area contributed by atoms with Crippen LogP contribution in [-0.4, -0.2) is 26.2 Å². The average molecular weight is 278 g/mol. The van der Waals surface area contributed by atoms with E-state index in [4.69, 9.17) is 16.9 Å². The molecule has 0 aromatic heterocycles. The van der Waals surface area contributed by atoms with E-state index in [1.807, 2.05) is 18.2 Å². The van der Waals surface area contributed by atoms with Gasteiger partial charge in [-0.05, 0) is 57.0 Å². The topological polar surface area (TPSA) is 39.1 Å². The van der Waals surface area contributed by atoms with E-state index >= 15 is 0 Å². The van der Waals surface area contributed by atoms with E-state index in [0.717, 1.165) is 37.8 Å². The van der Waals surface area contributed by atoms with Gasteiger partial charge in [0, 0.05) is 18.8 Å². The predicted molar refractivity (Wildman–Crippen MR) is 79.6 cm³/mol. The molecule has 1 N–H and O–H groups in total. The first-order valence-corrected chi connectivity index (χ1v) is 7.27. The number of halogens is 1. The molecule has 0 radical (unpaired) electrons. The summed E-state index contributed by atoms with van der Waals surface area (Å²) in [5.74, 6) is 0.746. The van der Waals surface area contributed by atoms with Gasteiger partial charge in [0.15, 0.2) is 0 Å². The highest BCUT2D eigenvalue weighted by molar-refractivity contribution is 6.32. The lowest BCUT2D eigenvalue weighted by Crippen LogP contribution is -2.36. The molecule has 0 unspecified atom stereocenters. The summed E-state index contributed by atoms with van der Waals surface area (Å²) < 4.78 is 0. The largest absolute Gasteiger partial charge is 0.371 e. The standard InChI is InChI=1S/C15H20ClN3/c1-2-19(11-12-5-7-18-8-6-12)14-4-3-13(10-17)15(16)9-14/h3-4,9,12,18H,2,5-8,11H2,1H3. The second-order valence-corrected chi connectivity index (χ2v) is 5.42. The lowest BCUT2D eigenvalue weighted by atomic mass is 9.97. The first-order chi connectivity index (χ1) is 9.24. The van der Waals surface area contributed by atoms with E-state index in [1.54, 1.807) is 0 Å². The zero-order valence-electron chi connectivity index (χ0n) is 11.3. The molecule has 1 aromatic rings. The molecule has 1 aromatic carbocycles. The Kier molecular flexibility index (Phi) is 5.07. The summed E-state index contributed by atoms with van der Waals surface area (Å²) in [5.41, 5.74) is 1.66. The third-order valence-corrected chi connectivity index (χ3v) is 4.07. The molecule has 1 aliphatic heterocycles. The maximum Gasteiger partial charge on any atom is 0.101 e. The lowest BCUT2D eigenvalue weighted by Gasteiger charge is -2.31. The van der Waals surface area contributed by atoms with Crippen molar-refractivity contribution >= 4 is 17.3 Å². The van der Waals surface area contributed by atoms with Crippen LogP contribution >= 0.6 is 11.6 Å². The molecular formula is C15H20ClN3. The maximum atomic E-state index is 8.91. The van der Waals surface area contributed by atoms with Crippen LogP contribution in [0.2, 0.25) is 5.02 Å². The van der Waals surface area contributed by atoms with Crippen molar-refractivity contribution in [3.05, 3.63) is 28.8 Å². The highest BCUT2D eigenvalue weighted by Gasteiger charge is 2.17. The van der Waals surface area contributed by atoms with Gasteiger partial charge < -0.3 is 10.2 Å². The number of nitrogens with one attached hydrogen (secondary N) is 1. The van der Waals surface area contributed by atoms with Crippen LogP contribution < -0.4 is 10.2 Å². The summed E-state index contributed by atoms with van der Waals surface area (Å²) >= 11 is 6.11. The zero-order chi connectivity index (χ0) is 13.7. The van der Waals surface area contributed by atoms with E-state index in [2.05, 4.69) is 23.2 Å². The number of benzene rings is 1. The molecule has 1 saturated heterocycles. The van der Waals surface area contributed by atoms with E-state index < -0.39 is 0 Å². The number of hydrogen-bond donors (Lipinski definition) is 1. The van der Waals surface area contributed by atoms with Gasteiger partial charge in [-0.3, -0.25) is 0 Å². The van der Waals surface area contributed by atoms with Gasteiger partial charge in [-0.15, -0.1) is 0 Å². The van der Waals surface area contributed by atoms with Gasteiger partial charge in [0.05, 0.1) is 10.6 Å². The number of nitrogens with zero attached hydrogens (tertiary/aromatic N) is 2. The average Bonchev–Trinajstić information content (AvgIpc) is 2.46. The molecule has 102 valence electrons. The van der Waals surface area contributed by atoms with Crippen LogP contribution in [0.5, 0.6) is 0 Å². The fourth-order valence-corrected chi connectivity index (χ4v) is 2.80. The van der Waals surface area contributed by atoms with Gasteiger partial charge >= 0.3 is 0 Å². The van der Waals surface area contributed by atoms with Gasteiger partial charge in [0.1, 0.15) is 6.07 Å². The smallest absolute Gasteiger partial charge is 0.101 e. The number of nitriles is 1. The van der Waals surface area contributed by atoms with Crippen molar-refractivity contribution in [2.24, 2.45) is 5.92 Å². The first kappa shape index (κ1) is 14.2. The van der Waals surface area contributed by atoms with E-state index in [0.29, 0.717) is 10.6 Å². The van der Waals surface area contributed by atoms with Gasteiger partial charge in [-0.25, -0.2) is 0 Å². The van der Waals surface area contributed by atoms with Crippen molar-refractivity contribution in [1.29, 1.82) is 5.26 Å². The Morgan fingerprint density at radius 3 is 2.74 bits per heavy atom. The quantitative estimate of drug-likeness (QED) is 0.919. The van der Waals surface area contributed by atoms with Crippen molar-refractivity contribution < 1.29 is 0 Å². The van der Waals surface area contributed by atoms with Gasteiger partial charge in [0.2, 0.25) is 0 Å². The number of rotatable bonds is 4. The molecule has 3 nitrogen and oxygen atoms in total. The zero-order valence-corrected chi connectivity index (χ0v) is 12.1. The van der Waals surface area contributed by atoms with E-state index in [-0.39, 0.29) is 0 Å². The van der Waals surface area contributed by atoms with Crippen molar-refractivity contribution in [3.8, 4) is 6.07 Å². The van der Waals surface area contributed by atoms with Crippen LogP contribution in [0.3, 0.4) is 0 Å². The van der Waals surface area contributed by atoms with Crippen LogP contribution in [0.15, 0.2) is 18.2 Å². The molecule has 0 amide bonds. The molecule has 4 heteroatoms. The van der Waals surface area contributed by atoms with E-state index in [1.165, 1.54) is 12.8 Å². The predicted octanol–water partition coefficient (Wildman–Crippen LogP) is 3.04. The molecule has 0 saturated carbocycles. The third kappa shape index (κ3) is 3.62. The van der Waals surface area contributed by atoms with Crippen molar-refractivity contribution in [2.45, 2.75) is 19.8 Å². The minimum atomic E-state index is 0.545. The molecule has 0 aliphatic carbocycles. The van der Waals surface area contributed by atoms with Gasteiger partial charge in [-0.1, -0.05) is 11.6 Å². The summed E-state index contributed by atoms with van der Waals surface area (Å²) in [5, 5.41) is 12.9. The summed E-state index contributed by atoms with van der Waals surface area (Å²) in [6.07, 6.45) is 2.47. The molecule has 19 heavy (non-hydrogen) atoms. The minimum Gasteiger partial charge on any atom is -0.371 e. The number of hydrogen-bond acceptors (Lipinski definition) is 3. The molecule has 1 heterocycles. The second-order valence-electron chi connectivity index (χ2n) is 5.01. The SMILES string of the molecule is CCN(CC1CCNCC1)c1ccc(C#N)c(Cl)c1. The Labute approximate surface area is 120 Å². The van der Waals surface area contributed by atoms with Crippen LogP contribution in [0.1, 0.15) is 25.3 Å². The number of piperidine rings is 1. The lowest BCUT2D eigenvalue weighted by molar-refractivity contribution is 0.374. The molecule has 0 bridgehead atoms. The molecule has 1 fully saturated rings. The fourth-order valence-electron chi connectivity index (χ4n) is 2.58. The summed E-state index contributed by atoms with van der Waals surface area (Å²) in [6, 6.07) is 7.81. The summed E-state index contributed by atoms with van der Waals surface area (Å²) in [7, 11) is 0. The normalized spacial score (nSPS) is 16.1. The van der Waals surface area contributed by atoms with Crippen molar-refractivity contribution in [2.75, 3.05) is 31.1 Å². The van der Waals surface area contributed by atoms with Crippen LogP contribution in [0.25, 0.3) is 0 Å². The Hall–Kier alpha value is -1.24. The van der Waals surface area contributed by atoms with Crippen molar-refractivity contribution in [3.63, 3.8) is 0 Å². The summed E-state index contributed by atoms with van der Waals surface area (Å²) in [6.45, 7) is 6.44. The van der Waals surface area contributed by atoms with Crippen molar-refractivity contribution in [1.82, 2.24) is 5.32 Å². The Bertz CT molecular complexity index is 461. The molecule has 0 atom stereocenters. The Morgan fingerprint density at radius 2 is 2.16 bits per heavy atom. The van der Waals surface area contributed by atoms with E-state index in [9.17, 15) is 0 Å². The molecule has 2 rings (SSSR count). The summed E-state index contributed by atoms with van der Waals surface area (Å²) in [4.78, 5) is 2.35.